The standard InChI is InChI=1S/C31H43N3O4/c1-31(2,32)29(36)18-26(22-38-21-24-13-9-6-10-14-24)30(37)34-16-15-27(28(35)20-33(3)4)25(19-34)17-23-11-7-5-8-12-23/h5-14,25-27H,15-22,32H2,1-4H3/t25-,26+,27-/m0/s1. The molecule has 7 nitrogen and oxygen atoms in total. The number of benzene rings is 2. The van der Waals surface area contributed by atoms with Gasteiger partial charge < -0.3 is 20.3 Å². The molecular weight excluding hydrogens is 478 g/mol. The van der Waals surface area contributed by atoms with Gasteiger partial charge in [0, 0.05) is 25.4 Å². The van der Waals surface area contributed by atoms with Crippen LogP contribution >= 0.6 is 0 Å². The van der Waals surface area contributed by atoms with Gasteiger partial charge in [-0.3, -0.25) is 14.4 Å². The molecule has 0 aromatic heterocycles. The minimum Gasteiger partial charge on any atom is -0.376 e. The molecule has 7 heteroatoms. The van der Waals surface area contributed by atoms with E-state index in [1.165, 1.54) is 0 Å². The Hall–Kier alpha value is -2.87. The molecule has 0 radical (unpaired) electrons. The zero-order chi connectivity index (χ0) is 27.7. The summed E-state index contributed by atoms with van der Waals surface area (Å²) in [7, 11) is 3.80. The van der Waals surface area contributed by atoms with Gasteiger partial charge in [-0.2, -0.15) is 0 Å². The van der Waals surface area contributed by atoms with E-state index in [-0.39, 0.29) is 42.3 Å². The molecular formula is C31H43N3O4. The zero-order valence-electron chi connectivity index (χ0n) is 23.3. The molecule has 2 aromatic rings. The van der Waals surface area contributed by atoms with Gasteiger partial charge in [-0.1, -0.05) is 60.7 Å². The van der Waals surface area contributed by atoms with Gasteiger partial charge >= 0.3 is 0 Å². The topological polar surface area (TPSA) is 92.9 Å². The van der Waals surface area contributed by atoms with Crippen LogP contribution in [0.3, 0.4) is 0 Å². The number of piperidine rings is 1. The predicted octanol–water partition coefficient (Wildman–Crippen LogP) is 3.35. The molecule has 0 aliphatic carbocycles. The number of amides is 1. The summed E-state index contributed by atoms with van der Waals surface area (Å²) in [6, 6.07) is 19.9. The molecule has 0 spiro atoms. The maximum Gasteiger partial charge on any atom is 0.228 e. The highest BCUT2D eigenvalue weighted by Gasteiger charge is 2.38. The van der Waals surface area contributed by atoms with Gasteiger partial charge in [-0.15, -0.1) is 0 Å². The number of hydrogen-bond donors (Lipinski definition) is 1. The number of likely N-dealkylation sites (tertiary alicyclic amines) is 1. The van der Waals surface area contributed by atoms with Crippen molar-refractivity contribution in [2.45, 2.75) is 45.3 Å². The zero-order valence-corrected chi connectivity index (χ0v) is 23.3. The van der Waals surface area contributed by atoms with Crippen LogP contribution in [0, 0.1) is 17.8 Å². The Balaban J connectivity index is 1.75. The molecule has 1 heterocycles. The van der Waals surface area contributed by atoms with Crippen LogP contribution < -0.4 is 5.73 Å². The minimum absolute atomic E-state index is 0.00934. The second-order valence-corrected chi connectivity index (χ2v) is 11.4. The summed E-state index contributed by atoms with van der Waals surface area (Å²) in [4.78, 5) is 43.5. The van der Waals surface area contributed by atoms with Crippen molar-refractivity contribution in [3.8, 4) is 0 Å². The third kappa shape index (κ3) is 8.86. The van der Waals surface area contributed by atoms with Crippen molar-refractivity contribution in [2.75, 3.05) is 40.3 Å². The van der Waals surface area contributed by atoms with Gasteiger partial charge in [-0.05, 0) is 57.8 Å². The molecule has 1 aliphatic rings. The molecule has 0 unspecified atom stereocenters. The van der Waals surface area contributed by atoms with Crippen molar-refractivity contribution in [3.05, 3.63) is 71.8 Å². The third-order valence-electron chi connectivity index (χ3n) is 7.20. The highest BCUT2D eigenvalue weighted by molar-refractivity contribution is 5.92. The Morgan fingerprint density at radius 2 is 1.63 bits per heavy atom. The van der Waals surface area contributed by atoms with Crippen LogP contribution in [0.15, 0.2) is 60.7 Å². The summed E-state index contributed by atoms with van der Waals surface area (Å²) in [5.41, 5.74) is 7.20. The van der Waals surface area contributed by atoms with E-state index in [4.69, 9.17) is 10.5 Å². The van der Waals surface area contributed by atoms with Crippen LogP contribution in [0.25, 0.3) is 0 Å². The second kappa shape index (κ2) is 13.8. The number of likely N-dealkylation sites (N-methyl/N-ethyl adjacent to an activating group) is 1. The molecule has 3 atom stereocenters. The van der Waals surface area contributed by atoms with Crippen LogP contribution in [0.5, 0.6) is 0 Å². The van der Waals surface area contributed by atoms with Crippen molar-refractivity contribution in [3.63, 3.8) is 0 Å². The van der Waals surface area contributed by atoms with Crippen molar-refractivity contribution < 1.29 is 19.1 Å². The highest BCUT2D eigenvalue weighted by Crippen LogP contribution is 2.30. The molecule has 2 aromatic carbocycles. The number of hydrogen-bond acceptors (Lipinski definition) is 6. The highest BCUT2D eigenvalue weighted by atomic mass is 16.5. The Labute approximate surface area is 227 Å². The smallest absolute Gasteiger partial charge is 0.228 e. The molecule has 0 bridgehead atoms. The number of carbonyl (C=O) groups excluding carboxylic acids is 3. The minimum atomic E-state index is -1.03. The molecule has 206 valence electrons. The molecule has 38 heavy (non-hydrogen) atoms. The van der Waals surface area contributed by atoms with Crippen molar-refractivity contribution in [1.29, 1.82) is 0 Å². The largest absolute Gasteiger partial charge is 0.376 e. The fraction of sp³-hybridized carbons (Fsp3) is 0.516. The Kier molecular flexibility index (Phi) is 10.8. The monoisotopic (exact) mass is 521 g/mol. The summed E-state index contributed by atoms with van der Waals surface area (Å²) in [6.45, 7) is 5.19. The lowest BCUT2D eigenvalue weighted by Gasteiger charge is -2.40. The number of ether oxygens (including phenoxy) is 1. The van der Waals surface area contributed by atoms with E-state index < -0.39 is 11.5 Å². The number of nitrogens with two attached hydrogens (primary N) is 1. The fourth-order valence-corrected chi connectivity index (χ4v) is 5.06. The van der Waals surface area contributed by atoms with E-state index >= 15 is 0 Å². The number of ketones is 2. The lowest BCUT2D eigenvalue weighted by Crippen LogP contribution is -2.51. The van der Waals surface area contributed by atoms with Gasteiger partial charge in [0.1, 0.15) is 5.78 Å². The quantitative estimate of drug-likeness (QED) is 0.435. The van der Waals surface area contributed by atoms with Crippen LogP contribution in [-0.4, -0.2) is 73.1 Å². The predicted molar refractivity (Wildman–Crippen MR) is 149 cm³/mol. The molecule has 1 aliphatic heterocycles. The molecule has 1 amide bonds. The lowest BCUT2D eigenvalue weighted by atomic mass is 9.78. The summed E-state index contributed by atoms with van der Waals surface area (Å²) in [5, 5.41) is 0. The first-order valence-corrected chi connectivity index (χ1v) is 13.5. The maximum atomic E-state index is 13.8. The van der Waals surface area contributed by atoms with Crippen molar-refractivity contribution >= 4 is 17.5 Å². The molecule has 1 fully saturated rings. The summed E-state index contributed by atoms with van der Waals surface area (Å²) < 4.78 is 5.93. The summed E-state index contributed by atoms with van der Waals surface area (Å²) in [5.74, 6) is -0.788. The van der Waals surface area contributed by atoms with Crippen molar-refractivity contribution in [2.24, 2.45) is 23.5 Å². The summed E-state index contributed by atoms with van der Waals surface area (Å²) in [6.07, 6.45) is 1.36. The van der Waals surface area contributed by atoms with Crippen LogP contribution in [-0.2, 0) is 32.1 Å². The Bertz CT molecular complexity index is 1050. The van der Waals surface area contributed by atoms with Gasteiger partial charge in [0.2, 0.25) is 5.91 Å². The number of nitrogens with zero attached hydrogens (tertiary/aromatic N) is 2. The lowest BCUT2D eigenvalue weighted by molar-refractivity contribution is -0.145. The maximum absolute atomic E-state index is 13.8. The van der Waals surface area contributed by atoms with E-state index in [9.17, 15) is 14.4 Å². The van der Waals surface area contributed by atoms with E-state index in [2.05, 4.69) is 12.1 Å². The second-order valence-electron chi connectivity index (χ2n) is 11.4. The first-order chi connectivity index (χ1) is 18.0. The Morgan fingerprint density at radius 1 is 1.03 bits per heavy atom. The van der Waals surface area contributed by atoms with Gasteiger partial charge in [0.05, 0.1) is 31.2 Å². The fourth-order valence-electron chi connectivity index (χ4n) is 5.06. The molecule has 0 saturated carbocycles. The van der Waals surface area contributed by atoms with E-state index in [0.29, 0.717) is 32.7 Å². The first-order valence-electron chi connectivity index (χ1n) is 13.5. The van der Waals surface area contributed by atoms with Crippen LogP contribution in [0.1, 0.15) is 37.8 Å². The molecule has 3 rings (SSSR count). The average Bonchev–Trinajstić information content (AvgIpc) is 2.87. The van der Waals surface area contributed by atoms with Crippen molar-refractivity contribution in [1.82, 2.24) is 9.80 Å². The van der Waals surface area contributed by atoms with E-state index in [1.807, 2.05) is 72.4 Å². The average molecular weight is 522 g/mol. The van der Waals surface area contributed by atoms with Gasteiger partial charge in [0.25, 0.3) is 0 Å². The number of Topliss-reactive ketones (excluding diaryl/α,β-unsaturated/α-hetero) is 2. The first kappa shape index (κ1) is 29.7. The van der Waals surface area contributed by atoms with E-state index in [1.54, 1.807) is 13.8 Å². The SMILES string of the molecule is CN(C)CC(=O)[C@H]1CCN(C(=O)[C@@H](COCc2ccccc2)CC(=O)C(C)(C)N)C[C@@H]1Cc1ccccc1. The van der Waals surface area contributed by atoms with Gasteiger partial charge in [-0.25, -0.2) is 0 Å². The molecule has 1 saturated heterocycles. The number of carbonyl (C=O) groups is 3. The Morgan fingerprint density at radius 3 is 2.21 bits per heavy atom. The third-order valence-corrected chi connectivity index (χ3v) is 7.20. The van der Waals surface area contributed by atoms with Gasteiger partial charge in [0.15, 0.2) is 5.78 Å². The molecule has 2 N–H and O–H groups in total. The van der Waals surface area contributed by atoms with E-state index in [0.717, 1.165) is 17.5 Å². The number of rotatable bonds is 13. The summed E-state index contributed by atoms with van der Waals surface area (Å²) >= 11 is 0. The normalized spacial score (nSPS) is 18.8. The van der Waals surface area contributed by atoms with Crippen LogP contribution in [0.2, 0.25) is 0 Å². The van der Waals surface area contributed by atoms with Crippen LogP contribution in [0.4, 0.5) is 0 Å².